The summed E-state index contributed by atoms with van der Waals surface area (Å²) in [6, 6.07) is 6.21. The minimum Gasteiger partial charge on any atom is -0.493 e. The van der Waals surface area contributed by atoms with E-state index in [1.807, 2.05) is 11.0 Å². The predicted octanol–water partition coefficient (Wildman–Crippen LogP) is 2.66. The highest BCUT2D eigenvalue weighted by Gasteiger charge is 2.26. The molecule has 1 N–H and O–H groups in total. The number of amides is 1. The molecule has 2 saturated heterocycles. The number of carbonyl (C=O) groups excluding carboxylic acids is 1. The largest absolute Gasteiger partial charge is 0.493 e. The van der Waals surface area contributed by atoms with Crippen LogP contribution in [0.1, 0.15) is 38.5 Å². The van der Waals surface area contributed by atoms with Gasteiger partial charge in [0, 0.05) is 44.4 Å². The van der Waals surface area contributed by atoms with Gasteiger partial charge in [-0.05, 0) is 63.2 Å². The molecule has 0 spiro atoms. The van der Waals surface area contributed by atoms with Gasteiger partial charge in [0.25, 0.3) is 0 Å². The van der Waals surface area contributed by atoms with Gasteiger partial charge < -0.3 is 24.6 Å². The van der Waals surface area contributed by atoms with E-state index in [-0.39, 0.29) is 0 Å². The van der Waals surface area contributed by atoms with Crippen LogP contribution in [-0.2, 0) is 4.79 Å². The molecule has 1 unspecified atom stereocenters. The summed E-state index contributed by atoms with van der Waals surface area (Å²) in [6.45, 7) is 5.36. The molecule has 1 amide bonds. The molecule has 1 aromatic carbocycles. The molecule has 0 radical (unpaired) electrons. The van der Waals surface area contributed by atoms with Gasteiger partial charge in [-0.25, -0.2) is 0 Å². The quantitative estimate of drug-likeness (QED) is 0.813. The van der Waals surface area contributed by atoms with E-state index in [9.17, 15) is 4.79 Å². The topological polar surface area (TPSA) is 54.0 Å². The lowest BCUT2D eigenvalue weighted by Crippen LogP contribution is -2.49. The van der Waals surface area contributed by atoms with Crippen molar-refractivity contribution in [3.05, 3.63) is 18.2 Å². The van der Waals surface area contributed by atoms with Crippen molar-refractivity contribution in [3.63, 3.8) is 0 Å². The average Bonchev–Trinajstić information content (AvgIpc) is 3.42. The third-order valence-corrected chi connectivity index (χ3v) is 6.37. The van der Waals surface area contributed by atoms with Gasteiger partial charge in [-0.3, -0.25) is 4.79 Å². The number of nitrogens with zero attached hydrogens (tertiary/aromatic N) is 2. The molecule has 28 heavy (non-hydrogen) atoms. The molecule has 3 fully saturated rings. The Labute approximate surface area is 168 Å². The van der Waals surface area contributed by atoms with Crippen LogP contribution in [0.2, 0.25) is 0 Å². The molecular formula is C22H33N3O3. The van der Waals surface area contributed by atoms with E-state index in [2.05, 4.69) is 22.3 Å². The first kappa shape index (κ1) is 19.4. The molecule has 2 heterocycles. The number of nitrogens with one attached hydrogen (secondary N) is 1. The second kappa shape index (κ2) is 9.03. The highest BCUT2D eigenvalue weighted by molar-refractivity contribution is 5.77. The molecule has 0 bridgehead atoms. The Bertz CT molecular complexity index is 661. The molecule has 1 saturated carbocycles. The van der Waals surface area contributed by atoms with E-state index in [0.29, 0.717) is 24.3 Å². The fourth-order valence-corrected chi connectivity index (χ4v) is 4.62. The molecule has 3 aliphatic rings. The third kappa shape index (κ3) is 4.54. The van der Waals surface area contributed by atoms with Crippen molar-refractivity contribution in [2.24, 2.45) is 5.92 Å². The van der Waals surface area contributed by atoms with E-state index in [4.69, 9.17) is 9.47 Å². The van der Waals surface area contributed by atoms with Crippen molar-refractivity contribution in [1.82, 2.24) is 10.2 Å². The van der Waals surface area contributed by atoms with E-state index in [0.717, 1.165) is 75.7 Å². The maximum absolute atomic E-state index is 12.6. The van der Waals surface area contributed by atoms with Crippen LogP contribution in [0.4, 0.5) is 5.69 Å². The summed E-state index contributed by atoms with van der Waals surface area (Å²) in [5, 5.41) is 3.35. The number of anilines is 1. The summed E-state index contributed by atoms with van der Waals surface area (Å²) in [4.78, 5) is 17.0. The summed E-state index contributed by atoms with van der Waals surface area (Å²) in [5.74, 6) is 2.48. The first-order chi connectivity index (χ1) is 13.7. The van der Waals surface area contributed by atoms with Crippen LogP contribution in [-0.4, -0.2) is 63.3 Å². The van der Waals surface area contributed by atoms with Crippen LogP contribution >= 0.6 is 0 Å². The number of ether oxygens (including phenoxy) is 2. The number of hydrogen-bond donors (Lipinski definition) is 1. The molecule has 0 aromatic heterocycles. The van der Waals surface area contributed by atoms with E-state index in [1.165, 1.54) is 12.8 Å². The molecule has 1 atom stereocenters. The fraction of sp³-hybridized carbons (Fsp3) is 0.682. The lowest BCUT2D eigenvalue weighted by Gasteiger charge is -2.36. The summed E-state index contributed by atoms with van der Waals surface area (Å²) in [6.07, 6.45) is 6.88. The van der Waals surface area contributed by atoms with Crippen LogP contribution in [0.3, 0.4) is 0 Å². The summed E-state index contributed by atoms with van der Waals surface area (Å²) in [7, 11) is 1.70. The van der Waals surface area contributed by atoms with Crippen molar-refractivity contribution >= 4 is 11.6 Å². The van der Waals surface area contributed by atoms with Crippen molar-refractivity contribution in [3.8, 4) is 11.5 Å². The number of piperazine rings is 1. The summed E-state index contributed by atoms with van der Waals surface area (Å²) < 4.78 is 11.7. The SMILES string of the molecule is COc1ccc(N2CCN(C(=O)CC3CCNC3)CC2)cc1OC1CCCC1. The summed E-state index contributed by atoms with van der Waals surface area (Å²) >= 11 is 0. The first-order valence-corrected chi connectivity index (χ1v) is 10.8. The fourth-order valence-electron chi connectivity index (χ4n) is 4.62. The first-order valence-electron chi connectivity index (χ1n) is 10.8. The molecule has 1 aliphatic carbocycles. The Morgan fingerprint density at radius 3 is 2.57 bits per heavy atom. The van der Waals surface area contributed by atoms with Gasteiger partial charge in [0.15, 0.2) is 11.5 Å². The Kier molecular flexibility index (Phi) is 6.25. The average molecular weight is 388 g/mol. The molecule has 2 aliphatic heterocycles. The minimum absolute atomic E-state index is 0.309. The molecule has 154 valence electrons. The second-order valence-electron chi connectivity index (χ2n) is 8.29. The highest BCUT2D eigenvalue weighted by atomic mass is 16.5. The molecule has 6 heteroatoms. The van der Waals surface area contributed by atoms with Crippen molar-refractivity contribution in [2.75, 3.05) is 51.3 Å². The van der Waals surface area contributed by atoms with Gasteiger partial charge in [-0.15, -0.1) is 0 Å². The second-order valence-corrected chi connectivity index (χ2v) is 8.29. The van der Waals surface area contributed by atoms with Crippen LogP contribution in [0, 0.1) is 5.92 Å². The maximum atomic E-state index is 12.6. The number of methoxy groups -OCH3 is 1. The Hall–Kier alpha value is -1.95. The number of hydrogen-bond acceptors (Lipinski definition) is 5. The minimum atomic E-state index is 0.309. The Morgan fingerprint density at radius 1 is 1.11 bits per heavy atom. The highest BCUT2D eigenvalue weighted by Crippen LogP contribution is 2.35. The van der Waals surface area contributed by atoms with Crippen molar-refractivity contribution in [2.45, 2.75) is 44.6 Å². The molecule has 4 rings (SSSR count). The number of rotatable bonds is 6. The van der Waals surface area contributed by atoms with Gasteiger partial charge in [-0.2, -0.15) is 0 Å². The van der Waals surface area contributed by atoms with Gasteiger partial charge >= 0.3 is 0 Å². The van der Waals surface area contributed by atoms with E-state index >= 15 is 0 Å². The smallest absolute Gasteiger partial charge is 0.223 e. The summed E-state index contributed by atoms with van der Waals surface area (Å²) in [5.41, 5.74) is 1.15. The van der Waals surface area contributed by atoms with Crippen LogP contribution in [0.25, 0.3) is 0 Å². The number of benzene rings is 1. The predicted molar refractivity (Wildman–Crippen MR) is 110 cm³/mol. The zero-order valence-electron chi connectivity index (χ0n) is 17.0. The number of carbonyl (C=O) groups is 1. The van der Waals surface area contributed by atoms with Gasteiger partial charge in [0.1, 0.15) is 0 Å². The molecule has 1 aromatic rings. The van der Waals surface area contributed by atoms with Crippen molar-refractivity contribution in [1.29, 1.82) is 0 Å². The van der Waals surface area contributed by atoms with Gasteiger partial charge in [-0.1, -0.05) is 0 Å². The van der Waals surface area contributed by atoms with Crippen molar-refractivity contribution < 1.29 is 14.3 Å². The monoisotopic (exact) mass is 387 g/mol. The standard InChI is InChI=1S/C22H33N3O3/c1-27-20-7-6-18(15-21(20)28-19-4-2-3-5-19)24-10-12-25(13-11-24)22(26)14-17-8-9-23-16-17/h6-7,15,17,19,23H,2-5,8-14,16H2,1H3. The lowest BCUT2D eigenvalue weighted by molar-refractivity contribution is -0.132. The van der Waals surface area contributed by atoms with Crippen LogP contribution in [0.5, 0.6) is 11.5 Å². The van der Waals surface area contributed by atoms with E-state index in [1.54, 1.807) is 7.11 Å². The normalized spacial score (nSPS) is 23.2. The Morgan fingerprint density at radius 2 is 1.89 bits per heavy atom. The third-order valence-electron chi connectivity index (χ3n) is 6.37. The van der Waals surface area contributed by atoms with Gasteiger partial charge in [0.2, 0.25) is 5.91 Å². The zero-order chi connectivity index (χ0) is 19.3. The zero-order valence-corrected chi connectivity index (χ0v) is 17.0. The Balaban J connectivity index is 1.35. The lowest BCUT2D eigenvalue weighted by atomic mass is 10.0. The van der Waals surface area contributed by atoms with Crippen LogP contribution in [0.15, 0.2) is 18.2 Å². The van der Waals surface area contributed by atoms with Gasteiger partial charge in [0.05, 0.1) is 13.2 Å². The van der Waals surface area contributed by atoms with Crippen LogP contribution < -0.4 is 19.7 Å². The van der Waals surface area contributed by atoms with E-state index < -0.39 is 0 Å². The maximum Gasteiger partial charge on any atom is 0.223 e. The molecular weight excluding hydrogens is 354 g/mol. The molecule has 6 nitrogen and oxygen atoms in total.